The third-order valence-electron chi connectivity index (χ3n) is 9.32. The number of hydrogen-bond acceptors (Lipinski definition) is 2. The van der Waals surface area contributed by atoms with Gasteiger partial charge in [0, 0.05) is 20.1 Å². The summed E-state index contributed by atoms with van der Waals surface area (Å²) in [5, 5.41) is 0. The lowest BCUT2D eigenvalue weighted by atomic mass is 9.76. The monoisotopic (exact) mass is 504 g/mol. The molecule has 37 heavy (non-hydrogen) atoms. The van der Waals surface area contributed by atoms with Crippen molar-refractivity contribution in [2.75, 3.05) is 27.4 Å². The number of rotatable bonds is 14. The highest BCUT2D eigenvalue weighted by atomic mass is 16.5. The first kappa shape index (κ1) is 28.4. The van der Waals surface area contributed by atoms with Gasteiger partial charge in [-0.1, -0.05) is 101 Å². The first-order valence-electron chi connectivity index (χ1n) is 15.4. The molecule has 0 saturated heterocycles. The Morgan fingerprint density at radius 3 is 2.14 bits per heavy atom. The van der Waals surface area contributed by atoms with Crippen LogP contribution in [0.3, 0.4) is 0 Å². The van der Waals surface area contributed by atoms with Gasteiger partial charge in [0.1, 0.15) is 0 Å². The molecule has 0 N–H and O–H groups in total. The Balaban J connectivity index is 1.22. The number of aryl methyl sites for hydroxylation is 2. The average molecular weight is 505 g/mol. The number of unbranched alkanes of at least 4 members (excludes halogenated alkanes) is 2. The highest BCUT2D eigenvalue weighted by Gasteiger charge is 2.24. The quantitative estimate of drug-likeness (QED) is 0.239. The molecule has 2 aromatic rings. The molecule has 0 heterocycles. The number of hydrogen-bond donors (Lipinski definition) is 0. The van der Waals surface area contributed by atoms with E-state index in [1.807, 2.05) is 14.2 Å². The van der Waals surface area contributed by atoms with Crippen molar-refractivity contribution in [1.82, 2.24) is 0 Å². The molecule has 0 amide bonds. The number of benzene rings is 2. The van der Waals surface area contributed by atoms with E-state index in [4.69, 9.17) is 9.47 Å². The third-order valence-corrected chi connectivity index (χ3v) is 9.32. The zero-order valence-electron chi connectivity index (χ0n) is 24.0. The largest absolute Gasteiger partial charge is 0.384 e. The van der Waals surface area contributed by atoms with Gasteiger partial charge in [-0.2, -0.15) is 0 Å². The third kappa shape index (κ3) is 8.69. The van der Waals surface area contributed by atoms with E-state index in [1.54, 1.807) is 11.1 Å². The minimum atomic E-state index is 0.553. The normalized spacial score (nSPS) is 21.8. The maximum atomic E-state index is 5.41. The SMILES string of the molecule is CCCCCC1CCc2cc(-c3ccc(CCC4CCC(CC(COC)COC)CC4)cc3)ccc2C1. The summed E-state index contributed by atoms with van der Waals surface area (Å²) >= 11 is 0. The lowest BCUT2D eigenvalue weighted by molar-refractivity contribution is 0.0653. The van der Waals surface area contributed by atoms with Gasteiger partial charge >= 0.3 is 0 Å². The smallest absolute Gasteiger partial charge is 0.0512 e. The minimum absolute atomic E-state index is 0.553. The van der Waals surface area contributed by atoms with Crippen LogP contribution in [-0.4, -0.2) is 27.4 Å². The molecule has 1 saturated carbocycles. The van der Waals surface area contributed by atoms with E-state index in [0.29, 0.717) is 5.92 Å². The van der Waals surface area contributed by atoms with Crippen LogP contribution in [0.1, 0.15) is 94.2 Å². The molecule has 0 aliphatic heterocycles. The Labute approximate surface area is 227 Å². The molecule has 0 radical (unpaired) electrons. The van der Waals surface area contributed by atoms with Crippen molar-refractivity contribution >= 4 is 0 Å². The summed E-state index contributed by atoms with van der Waals surface area (Å²) in [6.45, 7) is 3.96. The van der Waals surface area contributed by atoms with E-state index in [0.717, 1.165) is 31.0 Å². The van der Waals surface area contributed by atoms with Gasteiger partial charge in [0.15, 0.2) is 0 Å². The first-order chi connectivity index (χ1) is 18.2. The summed E-state index contributed by atoms with van der Waals surface area (Å²) in [4.78, 5) is 0. The molecule has 1 atom stereocenters. The molecule has 2 heteroatoms. The Hall–Kier alpha value is -1.64. The lowest BCUT2D eigenvalue weighted by Gasteiger charge is -2.30. The highest BCUT2D eigenvalue weighted by Crippen LogP contribution is 2.36. The fourth-order valence-corrected chi connectivity index (χ4v) is 7.06. The van der Waals surface area contributed by atoms with Gasteiger partial charge in [-0.05, 0) is 84.1 Å². The van der Waals surface area contributed by atoms with Crippen molar-refractivity contribution in [1.29, 1.82) is 0 Å². The van der Waals surface area contributed by atoms with Crippen LogP contribution in [0.25, 0.3) is 11.1 Å². The molecule has 0 spiro atoms. The number of ether oxygens (including phenoxy) is 2. The van der Waals surface area contributed by atoms with Gasteiger partial charge in [-0.15, -0.1) is 0 Å². The second-order valence-corrected chi connectivity index (χ2v) is 12.2. The molecule has 2 aliphatic carbocycles. The fraction of sp³-hybridized carbons (Fsp3) is 0.657. The molecule has 1 unspecified atom stereocenters. The molecular weight excluding hydrogens is 452 g/mol. The van der Waals surface area contributed by atoms with Crippen molar-refractivity contribution in [3.05, 3.63) is 59.2 Å². The molecule has 0 bridgehead atoms. The Morgan fingerprint density at radius 1 is 0.730 bits per heavy atom. The van der Waals surface area contributed by atoms with Crippen molar-refractivity contribution in [2.24, 2.45) is 23.7 Å². The van der Waals surface area contributed by atoms with Gasteiger partial charge in [0.05, 0.1) is 13.2 Å². The van der Waals surface area contributed by atoms with Crippen LogP contribution in [0.5, 0.6) is 0 Å². The van der Waals surface area contributed by atoms with Gasteiger partial charge < -0.3 is 9.47 Å². The van der Waals surface area contributed by atoms with E-state index in [2.05, 4.69) is 49.4 Å². The number of methoxy groups -OCH3 is 2. The lowest BCUT2D eigenvalue weighted by Crippen LogP contribution is -2.22. The van der Waals surface area contributed by atoms with E-state index in [-0.39, 0.29) is 0 Å². The van der Waals surface area contributed by atoms with Crippen LogP contribution in [0.4, 0.5) is 0 Å². The van der Waals surface area contributed by atoms with Crippen LogP contribution < -0.4 is 0 Å². The van der Waals surface area contributed by atoms with E-state index in [9.17, 15) is 0 Å². The van der Waals surface area contributed by atoms with Crippen molar-refractivity contribution in [3.63, 3.8) is 0 Å². The molecule has 0 aromatic heterocycles. The predicted molar refractivity (Wildman–Crippen MR) is 157 cm³/mol. The van der Waals surface area contributed by atoms with Crippen molar-refractivity contribution in [3.8, 4) is 11.1 Å². The first-order valence-corrected chi connectivity index (χ1v) is 15.4. The molecular formula is C35H52O2. The summed E-state index contributed by atoms with van der Waals surface area (Å²) in [7, 11) is 3.62. The zero-order chi connectivity index (χ0) is 25.9. The van der Waals surface area contributed by atoms with Crippen LogP contribution in [0.15, 0.2) is 42.5 Å². The van der Waals surface area contributed by atoms with Crippen LogP contribution in [0.2, 0.25) is 0 Å². The van der Waals surface area contributed by atoms with Gasteiger partial charge in [-0.25, -0.2) is 0 Å². The van der Waals surface area contributed by atoms with E-state index in [1.165, 1.54) is 107 Å². The fourth-order valence-electron chi connectivity index (χ4n) is 7.06. The van der Waals surface area contributed by atoms with Crippen LogP contribution >= 0.6 is 0 Å². The standard InChI is InChI=1S/C35H52O2/c1-4-5-6-7-29-16-19-35-24-34(21-20-33(35)23-29)32-17-14-28(15-18-32)9-8-27-10-12-30(13-11-27)22-31(25-36-2)26-37-3/h14-15,17-18,20-21,24,27,29-31H,4-13,16,19,22-23,25-26H2,1-3H3. The van der Waals surface area contributed by atoms with E-state index >= 15 is 0 Å². The molecule has 204 valence electrons. The Bertz CT molecular complexity index is 903. The van der Waals surface area contributed by atoms with Gasteiger partial charge in [0.2, 0.25) is 0 Å². The maximum Gasteiger partial charge on any atom is 0.0512 e. The van der Waals surface area contributed by atoms with Gasteiger partial charge in [0.25, 0.3) is 0 Å². The minimum Gasteiger partial charge on any atom is -0.384 e. The Morgan fingerprint density at radius 2 is 1.43 bits per heavy atom. The summed E-state index contributed by atoms with van der Waals surface area (Å²) in [5.41, 5.74) is 7.47. The molecule has 1 fully saturated rings. The predicted octanol–water partition coefficient (Wildman–Crippen LogP) is 9.08. The summed E-state index contributed by atoms with van der Waals surface area (Å²) in [5.74, 6) is 3.21. The second-order valence-electron chi connectivity index (χ2n) is 12.2. The molecule has 2 aromatic carbocycles. The average Bonchev–Trinajstić information content (AvgIpc) is 2.93. The molecule has 2 nitrogen and oxygen atoms in total. The highest BCUT2D eigenvalue weighted by molar-refractivity contribution is 5.65. The summed E-state index contributed by atoms with van der Waals surface area (Å²) < 4.78 is 10.8. The summed E-state index contributed by atoms with van der Waals surface area (Å²) in [6, 6.07) is 16.7. The van der Waals surface area contributed by atoms with Crippen molar-refractivity contribution < 1.29 is 9.47 Å². The maximum absolute atomic E-state index is 5.41. The number of fused-ring (bicyclic) bond motifs is 1. The van der Waals surface area contributed by atoms with Crippen LogP contribution in [-0.2, 0) is 28.7 Å². The zero-order valence-corrected chi connectivity index (χ0v) is 24.0. The van der Waals surface area contributed by atoms with E-state index < -0.39 is 0 Å². The Kier molecular flexibility index (Phi) is 11.6. The summed E-state index contributed by atoms with van der Waals surface area (Å²) in [6.07, 6.45) is 18.8. The topological polar surface area (TPSA) is 18.5 Å². The molecule has 2 aliphatic rings. The molecule has 4 rings (SSSR count). The van der Waals surface area contributed by atoms with Crippen molar-refractivity contribution in [2.45, 2.75) is 96.8 Å². The van der Waals surface area contributed by atoms with Crippen LogP contribution in [0, 0.1) is 23.7 Å². The van der Waals surface area contributed by atoms with Gasteiger partial charge in [-0.3, -0.25) is 0 Å². The second kappa shape index (κ2) is 15.1.